The van der Waals surface area contributed by atoms with Crippen LogP contribution in [0.5, 0.6) is 0 Å². The van der Waals surface area contributed by atoms with Crippen LogP contribution in [0.3, 0.4) is 0 Å². The number of pyridine rings is 1. The molecule has 0 aromatic carbocycles. The van der Waals surface area contributed by atoms with E-state index in [1.54, 1.807) is 6.07 Å². The van der Waals surface area contributed by atoms with Gasteiger partial charge in [-0.1, -0.05) is 6.92 Å². The van der Waals surface area contributed by atoms with Crippen LogP contribution in [0.2, 0.25) is 0 Å². The minimum Gasteiger partial charge on any atom is -0.312 e. The quantitative estimate of drug-likeness (QED) is 0.783. The molecule has 0 radical (unpaired) electrons. The van der Waals surface area contributed by atoms with E-state index in [0.29, 0.717) is 0 Å². The van der Waals surface area contributed by atoms with Crippen LogP contribution in [0.25, 0.3) is 0 Å². The third-order valence-corrected chi connectivity index (χ3v) is 3.85. The number of nitrogens with one attached hydrogen (secondary N) is 1. The summed E-state index contributed by atoms with van der Waals surface area (Å²) in [5.41, 5.74) is 0.923. The summed E-state index contributed by atoms with van der Waals surface area (Å²) in [6.45, 7) is 5.61. The molecule has 0 spiro atoms. The van der Waals surface area contributed by atoms with Crippen molar-refractivity contribution in [2.75, 3.05) is 26.7 Å². The Morgan fingerprint density at radius 1 is 1.47 bits per heavy atom. The van der Waals surface area contributed by atoms with Crippen molar-refractivity contribution in [1.82, 2.24) is 15.2 Å². The Morgan fingerprint density at radius 3 is 2.79 bits per heavy atom. The fraction of sp³-hybridized carbons (Fsp3) is 0.667. The molecule has 106 valence electrons. The molecule has 1 aliphatic carbocycles. The third kappa shape index (κ3) is 4.55. The van der Waals surface area contributed by atoms with Gasteiger partial charge in [0.25, 0.3) is 0 Å². The highest BCUT2D eigenvalue weighted by molar-refractivity contribution is 5.09. The van der Waals surface area contributed by atoms with Gasteiger partial charge in [-0.3, -0.25) is 4.98 Å². The molecular weight excluding hydrogens is 241 g/mol. The first-order valence-electron chi connectivity index (χ1n) is 7.24. The third-order valence-electron chi connectivity index (χ3n) is 3.85. The van der Waals surface area contributed by atoms with Gasteiger partial charge >= 0.3 is 0 Å². The predicted molar refractivity (Wildman–Crippen MR) is 75.5 cm³/mol. The van der Waals surface area contributed by atoms with Crippen molar-refractivity contribution >= 4 is 0 Å². The highest BCUT2D eigenvalue weighted by Gasteiger charge is 2.24. The number of hydrogen-bond acceptors (Lipinski definition) is 3. The average Bonchev–Trinajstić information content (AvgIpc) is 3.24. The summed E-state index contributed by atoms with van der Waals surface area (Å²) < 4.78 is 12.9. The van der Waals surface area contributed by atoms with E-state index in [4.69, 9.17) is 0 Å². The fourth-order valence-corrected chi connectivity index (χ4v) is 2.39. The summed E-state index contributed by atoms with van der Waals surface area (Å²) >= 11 is 0. The van der Waals surface area contributed by atoms with E-state index in [0.717, 1.165) is 31.1 Å². The first-order chi connectivity index (χ1) is 9.22. The molecule has 1 heterocycles. The molecule has 1 aromatic heterocycles. The van der Waals surface area contributed by atoms with Crippen molar-refractivity contribution in [1.29, 1.82) is 0 Å². The highest BCUT2D eigenvalue weighted by Crippen LogP contribution is 2.29. The standard InChI is InChI=1S/C15H24FN3/c1-3-19(11-12-4-5-12)9-8-14(17-2)15-7-6-13(16)10-18-15/h6-7,10,12,14,17H,3-5,8-9,11H2,1-2H3. The number of nitrogens with zero attached hydrogens (tertiary/aromatic N) is 2. The second-order valence-corrected chi connectivity index (χ2v) is 5.37. The fourth-order valence-electron chi connectivity index (χ4n) is 2.39. The largest absolute Gasteiger partial charge is 0.312 e. The van der Waals surface area contributed by atoms with Gasteiger partial charge in [0.1, 0.15) is 5.82 Å². The lowest BCUT2D eigenvalue weighted by atomic mass is 10.1. The molecule has 0 bridgehead atoms. The van der Waals surface area contributed by atoms with Crippen molar-refractivity contribution in [3.8, 4) is 0 Å². The molecule has 1 saturated carbocycles. The molecule has 1 N–H and O–H groups in total. The molecule has 0 saturated heterocycles. The van der Waals surface area contributed by atoms with Crippen molar-refractivity contribution < 1.29 is 4.39 Å². The van der Waals surface area contributed by atoms with E-state index in [1.165, 1.54) is 31.6 Å². The van der Waals surface area contributed by atoms with E-state index < -0.39 is 0 Å². The van der Waals surface area contributed by atoms with Crippen LogP contribution < -0.4 is 5.32 Å². The number of halogens is 1. The maximum absolute atomic E-state index is 12.9. The lowest BCUT2D eigenvalue weighted by Crippen LogP contribution is -2.30. The van der Waals surface area contributed by atoms with Crippen LogP contribution in [0.1, 0.15) is 37.9 Å². The molecule has 1 aliphatic rings. The Kier molecular flexibility index (Phi) is 5.28. The lowest BCUT2D eigenvalue weighted by molar-refractivity contribution is 0.260. The van der Waals surface area contributed by atoms with Crippen molar-refractivity contribution in [2.45, 2.75) is 32.2 Å². The van der Waals surface area contributed by atoms with Gasteiger partial charge in [0.2, 0.25) is 0 Å². The number of aromatic nitrogens is 1. The van der Waals surface area contributed by atoms with Gasteiger partial charge in [-0.25, -0.2) is 4.39 Å². The summed E-state index contributed by atoms with van der Waals surface area (Å²) in [6.07, 6.45) is 5.09. The molecule has 1 fully saturated rings. The Labute approximate surface area is 115 Å². The molecule has 0 amide bonds. The summed E-state index contributed by atoms with van der Waals surface area (Å²) in [6, 6.07) is 3.45. The molecule has 1 atom stereocenters. The Bertz CT molecular complexity index is 375. The van der Waals surface area contributed by atoms with Crippen molar-refractivity contribution in [3.05, 3.63) is 29.8 Å². The van der Waals surface area contributed by atoms with E-state index >= 15 is 0 Å². The van der Waals surface area contributed by atoms with Gasteiger partial charge < -0.3 is 10.2 Å². The molecule has 2 rings (SSSR count). The van der Waals surface area contributed by atoms with Gasteiger partial charge in [0.15, 0.2) is 0 Å². The van der Waals surface area contributed by atoms with Gasteiger partial charge in [-0.05, 0) is 57.5 Å². The van der Waals surface area contributed by atoms with Crippen LogP contribution >= 0.6 is 0 Å². The number of rotatable bonds is 8. The van der Waals surface area contributed by atoms with Crippen LogP contribution in [-0.2, 0) is 0 Å². The van der Waals surface area contributed by atoms with Crippen LogP contribution in [0.15, 0.2) is 18.3 Å². The van der Waals surface area contributed by atoms with Crippen LogP contribution in [-0.4, -0.2) is 36.6 Å². The Morgan fingerprint density at radius 2 is 2.26 bits per heavy atom. The van der Waals surface area contributed by atoms with Gasteiger partial charge in [0, 0.05) is 6.54 Å². The molecule has 1 unspecified atom stereocenters. The normalized spacial score (nSPS) is 16.8. The summed E-state index contributed by atoms with van der Waals surface area (Å²) in [7, 11) is 1.94. The zero-order chi connectivity index (χ0) is 13.7. The Hall–Kier alpha value is -1.00. The summed E-state index contributed by atoms with van der Waals surface area (Å²) in [5, 5.41) is 3.27. The maximum atomic E-state index is 12.9. The maximum Gasteiger partial charge on any atom is 0.141 e. The zero-order valence-corrected chi connectivity index (χ0v) is 11.9. The highest BCUT2D eigenvalue weighted by atomic mass is 19.1. The average molecular weight is 265 g/mol. The molecule has 4 heteroatoms. The SMILES string of the molecule is CCN(CCC(NC)c1ccc(F)cn1)CC1CC1. The molecule has 0 aliphatic heterocycles. The van der Waals surface area contributed by atoms with Crippen LogP contribution in [0, 0.1) is 11.7 Å². The topological polar surface area (TPSA) is 28.2 Å². The van der Waals surface area contributed by atoms with Gasteiger partial charge in [0.05, 0.1) is 17.9 Å². The van der Waals surface area contributed by atoms with Crippen molar-refractivity contribution in [3.63, 3.8) is 0 Å². The predicted octanol–water partition coefficient (Wildman–Crippen LogP) is 2.60. The summed E-state index contributed by atoms with van der Waals surface area (Å²) in [4.78, 5) is 6.68. The molecule has 19 heavy (non-hydrogen) atoms. The van der Waals surface area contributed by atoms with Gasteiger partial charge in [-0.2, -0.15) is 0 Å². The molecule has 1 aromatic rings. The Balaban J connectivity index is 1.85. The number of hydrogen-bond donors (Lipinski definition) is 1. The minimum atomic E-state index is -0.275. The van der Waals surface area contributed by atoms with Crippen LogP contribution in [0.4, 0.5) is 4.39 Å². The van der Waals surface area contributed by atoms with E-state index in [1.807, 2.05) is 7.05 Å². The lowest BCUT2D eigenvalue weighted by Gasteiger charge is -2.23. The zero-order valence-electron chi connectivity index (χ0n) is 11.9. The first kappa shape index (κ1) is 14.4. The minimum absolute atomic E-state index is 0.203. The smallest absolute Gasteiger partial charge is 0.141 e. The van der Waals surface area contributed by atoms with Gasteiger partial charge in [-0.15, -0.1) is 0 Å². The second-order valence-electron chi connectivity index (χ2n) is 5.37. The first-order valence-corrected chi connectivity index (χ1v) is 7.24. The molecular formula is C15H24FN3. The van der Waals surface area contributed by atoms with Crippen molar-refractivity contribution in [2.24, 2.45) is 5.92 Å². The van der Waals surface area contributed by atoms with E-state index in [2.05, 4.69) is 22.1 Å². The van der Waals surface area contributed by atoms with E-state index in [-0.39, 0.29) is 11.9 Å². The molecule has 3 nitrogen and oxygen atoms in total. The second kappa shape index (κ2) is 6.96. The monoisotopic (exact) mass is 265 g/mol. The summed E-state index contributed by atoms with van der Waals surface area (Å²) in [5.74, 6) is 0.652. The van der Waals surface area contributed by atoms with E-state index in [9.17, 15) is 4.39 Å².